The van der Waals surface area contributed by atoms with Crippen molar-refractivity contribution in [3.63, 3.8) is 0 Å². The smallest absolute Gasteiger partial charge is 0.270 e. The highest BCUT2D eigenvalue weighted by atomic mass is 19.1. The summed E-state index contributed by atoms with van der Waals surface area (Å²) in [6.45, 7) is 5.83. The highest BCUT2D eigenvalue weighted by Crippen LogP contribution is 2.32. The number of anilines is 1. The Morgan fingerprint density at radius 3 is 2.17 bits per heavy atom. The normalized spacial score (nSPS) is 11.8. The molecule has 0 radical (unpaired) electrons. The van der Waals surface area contributed by atoms with Crippen LogP contribution in [-0.2, 0) is 11.3 Å². The van der Waals surface area contributed by atoms with Crippen LogP contribution >= 0.6 is 0 Å². The molecule has 0 unspecified atom stereocenters. The van der Waals surface area contributed by atoms with Crippen LogP contribution in [0.25, 0.3) is 11.1 Å². The molecular weight excluding hydrogens is 521 g/mol. The predicted molar refractivity (Wildman–Crippen MR) is 154 cm³/mol. The zero-order valence-electron chi connectivity index (χ0n) is 23.0. The number of carbonyl (C=O) groups excluding carboxylic acids is 2. The van der Waals surface area contributed by atoms with Crippen molar-refractivity contribution >= 4 is 17.5 Å². The molecule has 0 bridgehead atoms. The molecule has 5 rings (SSSR count). The fourth-order valence-electron chi connectivity index (χ4n) is 5.07. The largest absolute Gasteiger partial charge is 0.361 e. The first-order chi connectivity index (χ1) is 19.9. The van der Waals surface area contributed by atoms with Crippen molar-refractivity contribution in [2.24, 2.45) is 0 Å². The molecule has 2 amide bonds. The van der Waals surface area contributed by atoms with Crippen molar-refractivity contribution in [2.75, 3.05) is 5.32 Å². The number of nitrogens with zero attached hydrogens (tertiary/aromatic N) is 3. The lowest BCUT2D eigenvalue weighted by atomic mass is 9.84. The topological polar surface area (TPSA) is 102 Å². The zero-order valence-corrected chi connectivity index (χ0v) is 23.0. The lowest BCUT2D eigenvalue weighted by molar-refractivity contribution is -0.118. The minimum Gasteiger partial charge on any atom is -0.361 e. The van der Waals surface area contributed by atoms with E-state index in [9.17, 15) is 9.59 Å². The number of halogens is 1. The van der Waals surface area contributed by atoms with E-state index in [1.807, 2.05) is 67.6 Å². The molecule has 0 aliphatic carbocycles. The molecule has 0 aliphatic heterocycles. The molecule has 5 aromatic rings. The van der Waals surface area contributed by atoms with Gasteiger partial charge in [0.2, 0.25) is 5.91 Å². The van der Waals surface area contributed by atoms with Crippen LogP contribution in [0.3, 0.4) is 0 Å². The van der Waals surface area contributed by atoms with Crippen LogP contribution in [0.15, 0.2) is 95.6 Å². The van der Waals surface area contributed by atoms with Gasteiger partial charge in [0.05, 0.1) is 11.3 Å². The molecule has 3 aromatic carbocycles. The van der Waals surface area contributed by atoms with Gasteiger partial charge in [-0.1, -0.05) is 65.8 Å². The summed E-state index contributed by atoms with van der Waals surface area (Å²) in [7, 11) is 0. The maximum Gasteiger partial charge on any atom is 0.270 e. The molecule has 9 heteroatoms. The average molecular weight is 552 g/mol. The predicted octanol–water partition coefficient (Wildman–Crippen LogP) is 5.88. The van der Waals surface area contributed by atoms with E-state index < -0.39 is 29.6 Å². The van der Waals surface area contributed by atoms with Crippen LogP contribution < -0.4 is 10.6 Å². The van der Waals surface area contributed by atoms with Gasteiger partial charge in [-0.2, -0.15) is 5.10 Å². The van der Waals surface area contributed by atoms with Gasteiger partial charge < -0.3 is 15.2 Å². The van der Waals surface area contributed by atoms with Gasteiger partial charge in [0.25, 0.3) is 5.91 Å². The monoisotopic (exact) mass is 551 g/mol. The van der Waals surface area contributed by atoms with Gasteiger partial charge in [0, 0.05) is 29.9 Å². The number of hydrogen-bond acceptors (Lipinski definition) is 5. The van der Waals surface area contributed by atoms with Crippen LogP contribution in [0.2, 0.25) is 0 Å². The maximum absolute atomic E-state index is 15.3. The minimum absolute atomic E-state index is 0.251. The van der Waals surface area contributed by atoms with Gasteiger partial charge in [0.15, 0.2) is 0 Å². The van der Waals surface area contributed by atoms with Crippen LogP contribution in [0.4, 0.5) is 10.1 Å². The fraction of sp³-hybridized carbons (Fsp3) is 0.188. The fourth-order valence-corrected chi connectivity index (χ4v) is 5.07. The summed E-state index contributed by atoms with van der Waals surface area (Å²) < 4.78 is 22.0. The van der Waals surface area contributed by atoms with Crippen molar-refractivity contribution in [1.29, 1.82) is 0 Å². The number of amides is 2. The molecule has 0 aliphatic rings. The van der Waals surface area contributed by atoms with Crippen LogP contribution in [0.1, 0.15) is 45.9 Å². The lowest BCUT2D eigenvalue weighted by Gasteiger charge is -2.28. The molecule has 2 heterocycles. The van der Waals surface area contributed by atoms with Crippen LogP contribution in [0.5, 0.6) is 0 Å². The van der Waals surface area contributed by atoms with Gasteiger partial charge in [-0.05, 0) is 56.2 Å². The Morgan fingerprint density at radius 1 is 0.951 bits per heavy atom. The summed E-state index contributed by atoms with van der Waals surface area (Å²) in [6, 6.07) is 24.0. The van der Waals surface area contributed by atoms with Crippen LogP contribution in [0, 0.1) is 19.7 Å². The molecule has 1 atom stereocenters. The van der Waals surface area contributed by atoms with Gasteiger partial charge in [-0.25, -0.2) is 4.39 Å². The molecule has 208 valence electrons. The first-order valence-corrected chi connectivity index (χ1v) is 13.3. The van der Waals surface area contributed by atoms with E-state index in [0.717, 1.165) is 11.1 Å². The van der Waals surface area contributed by atoms with Crippen LogP contribution in [-0.4, -0.2) is 32.8 Å². The van der Waals surface area contributed by atoms with Crippen molar-refractivity contribution in [1.82, 2.24) is 20.3 Å². The number of hydrogen-bond donors (Lipinski definition) is 2. The van der Waals surface area contributed by atoms with E-state index in [4.69, 9.17) is 4.52 Å². The van der Waals surface area contributed by atoms with E-state index in [1.165, 1.54) is 6.07 Å². The number of aromatic nitrogens is 3. The number of aryl methyl sites for hydroxylation is 3. The van der Waals surface area contributed by atoms with Crippen molar-refractivity contribution in [3.8, 4) is 11.1 Å². The second-order valence-corrected chi connectivity index (χ2v) is 9.67. The molecule has 0 fully saturated rings. The molecule has 0 saturated carbocycles. The molecular formula is C32H30FN5O3. The van der Waals surface area contributed by atoms with Gasteiger partial charge >= 0.3 is 0 Å². The van der Waals surface area contributed by atoms with Gasteiger partial charge in [-0.15, -0.1) is 0 Å². The minimum atomic E-state index is -1.04. The SMILES string of the molecule is CCn1nccc1C(=O)N[C@H](C(=O)Nc1ccc(-c2c(C)noc2C)c(F)c1)C(c1ccccc1)c1ccccc1. The lowest BCUT2D eigenvalue weighted by Crippen LogP contribution is -2.48. The van der Waals surface area contributed by atoms with Crippen molar-refractivity contribution < 1.29 is 18.5 Å². The Kier molecular flexibility index (Phi) is 8.05. The van der Waals surface area contributed by atoms with Gasteiger partial charge in [-0.3, -0.25) is 14.3 Å². The number of benzene rings is 3. The summed E-state index contributed by atoms with van der Waals surface area (Å²) in [4.78, 5) is 27.5. The first kappa shape index (κ1) is 27.5. The second-order valence-electron chi connectivity index (χ2n) is 9.67. The average Bonchev–Trinajstić information content (AvgIpc) is 3.60. The Morgan fingerprint density at radius 2 is 1.61 bits per heavy atom. The third-order valence-electron chi connectivity index (χ3n) is 7.01. The molecule has 2 N–H and O–H groups in total. The second kappa shape index (κ2) is 12.0. The highest BCUT2D eigenvalue weighted by Gasteiger charge is 2.33. The van der Waals surface area contributed by atoms with Gasteiger partial charge in [0.1, 0.15) is 23.3 Å². The Hall–Kier alpha value is -5.05. The third kappa shape index (κ3) is 5.79. The van der Waals surface area contributed by atoms with E-state index in [2.05, 4.69) is 20.9 Å². The summed E-state index contributed by atoms with van der Waals surface area (Å²) in [5.74, 6) is -1.51. The quantitative estimate of drug-likeness (QED) is 0.238. The third-order valence-corrected chi connectivity index (χ3v) is 7.01. The molecule has 0 spiro atoms. The highest BCUT2D eigenvalue weighted by molar-refractivity contribution is 6.01. The van der Waals surface area contributed by atoms with E-state index in [0.29, 0.717) is 34.8 Å². The summed E-state index contributed by atoms with van der Waals surface area (Å²) in [5.41, 5.74) is 3.72. The molecule has 2 aromatic heterocycles. The summed E-state index contributed by atoms with van der Waals surface area (Å²) >= 11 is 0. The molecule has 0 saturated heterocycles. The Bertz CT molecular complexity index is 1600. The molecule has 8 nitrogen and oxygen atoms in total. The first-order valence-electron chi connectivity index (χ1n) is 13.3. The number of rotatable bonds is 9. The number of nitrogens with one attached hydrogen (secondary N) is 2. The van der Waals surface area contributed by atoms with E-state index in [1.54, 1.807) is 42.9 Å². The Labute approximate surface area is 237 Å². The Balaban J connectivity index is 1.52. The molecule has 41 heavy (non-hydrogen) atoms. The summed E-state index contributed by atoms with van der Waals surface area (Å²) in [6.07, 6.45) is 1.54. The maximum atomic E-state index is 15.3. The van der Waals surface area contributed by atoms with E-state index in [-0.39, 0.29) is 5.69 Å². The summed E-state index contributed by atoms with van der Waals surface area (Å²) in [5, 5.41) is 13.9. The zero-order chi connectivity index (χ0) is 28.9. The van der Waals surface area contributed by atoms with E-state index >= 15 is 4.39 Å². The number of carbonyl (C=O) groups is 2. The van der Waals surface area contributed by atoms with Crippen molar-refractivity contribution in [3.05, 3.63) is 125 Å². The standard InChI is InChI=1S/C32H30FN5O3/c1-4-38-27(17-18-34-38)31(39)36-30(29(22-11-7-5-8-12-22)23-13-9-6-10-14-23)32(40)35-24-15-16-25(26(33)19-24)28-20(2)37-41-21(28)3/h5-19,29-30H,4H2,1-3H3,(H,35,40)(H,36,39)/t30-/m0/s1. The van der Waals surface area contributed by atoms with Crippen molar-refractivity contribution in [2.45, 2.75) is 39.3 Å².